The van der Waals surface area contributed by atoms with Gasteiger partial charge in [-0.3, -0.25) is 0 Å². The third-order valence-corrected chi connectivity index (χ3v) is 5.23. The zero-order valence-corrected chi connectivity index (χ0v) is 18.8. The van der Waals surface area contributed by atoms with Crippen LogP contribution in [0.15, 0.2) is 24.3 Å². The Bertz CT molecular complexity index is 545. The van der Waals surface area contributed by atoms with Gasteiger partial charge in [0.05, 0.1) is 13.2 Å². The molecule has 1 aromatic rings. The average Bonchev–Trinajstić information content (AvgIpc) is 2.57. The van der Waals surface area contributed by atoms with Crippen molar-refractivity contribution in [2.45, 2.75) is 78.8 Å². The molecule has 1 unspecified atom stereocenters. The molecule has 1 saturated heterocycles. The van der Waals surface area contributed by atoms with Gasteiger partial charge in [0.15, 0.2) is 0 Å². The van der Waals surface area contributed by atoms with E-state index in [4.69, 9.17) is 4.74 Å². The quantitative estimate of drug-likeness (QED) is 0.649. The van der Waals surface area contributed by atoms with E-state index in [0.717, 1.165) is 19.8 Å². The van der Waals surface area contributed by atoms with Gasteiger partial charge < -0.3 is 15.0 Å². The minimum absolute atomic E-state index is 0.140. The fourth-order valence-electron chi connectivity index (χ4n) is 3.85. The van der Waals surface area contributed by atoms with Crippen molar-refractivity contribution < 1.29 is 4.74 Å². The molecule has 1 aliphatic heterocycles. The Morgan fingerprint density at radius 3 is 2.15 bits per heavy atom. The lowest BCUT2D eigenvalue weighted by atomic mass is 9.88. The normalized spacial score (nSPS) is 18.6. The highest BCUT2D eigenvalue weighted by Crippen LogP contribution is 2.29. The second-order valence-corrected chi connectivity index (χ2v) is 10.5. The van der Waals surface area contributed by atoms with Gasteiger partial charge in [-0.2, -0.15) is 0 Å². The Morgan fingerprint density at radius 1 is 1.04 bits per heavy atom. The minimum atomic E-state index is 0.140. The summed E-state index contributed by atoms with van der Waals surface area (Å²) in [6, 6.07) is 9.71. The first-order chi connectivity index (χ1) is 12.5. The lowest BCUT2D eigenvalue weighted by Gasteiger charge is -2.32. The van der Waals surface area contributed by atoms with Crippen molar-refractivity contribution in [2.75, 3.05) is 32.8 Å². The second kappa shape index (κ2) is 9.54. The number of piperidine rings is 1. The molecule has 1 aliphatic rings. The van der Waals surface area contributed by atoms with Crippen molar-refractivity contribution in [2.24, 2.45) is 5.41 Å². The van der Waals surface area contributed by atoms with Crippen LogP contribution in [0.4, 0.5) is 0 Å². The lowest BCUT2D eigenvalue weighted by Crippen LogP contribution is -2.37. The molecule has 1 N–H and O–H groups in total. The number of hydrogen-bond donors (Lipinski definition) is 1. The van der Waals surface area contributed by atoms with E-state index in [-0.39, 0.29) is 11.0 Å². The molecule has 3 heteroatoms. The largest absolute Gasteiger partial charge is 0.380 e. The van der Waals surface area contributed by atoms with E-state index >= 15 is 0 Å². The first-order valence-corrected chi connectivity index (χ1v) is 10.7. The third-order valence-electron chi connectivity index (χ3n) is 5.23. The highest BCUT2D eigenvalue weighted by molar-refractivity contribution is 5.27. The van der Waals surface area contributed by atoms with Crippen LogP contribution in [0.2, 0.25) is 0 Å². The smallest absolute Gasteiger partial charge is 0.0593 e. The van der Waals surface area contributed by atoms with Gasteiger partial charge in [0.25, 0.3) is 0 Å². The summed E-state index contributed by atoms with van der Waals surface area (Å²) in [4.78, 5) is 2.56. The van der Waals surface area contributed by atoms with Gasteiger partial charge in [-0.25, -0.2) is 0 Å². The molecule has 1 aromatic carbocycles. The number of benzene rings is 1. The van der Waals surface area contributed by atoms with Gasteiger partial charge in [-0.1, -0.05) is 45.0 Å². The Kier molecular flexibility index (Phi) is 7.91. The first kappa shape index (κ1) is 22.4. The number of ether oxygens (including phenoxy) is 1. The monoisotopic (exact) mass is 374 g/mol. The molecule has 0 radical (unpaired) electrons. The van der Waals surface area contributed by atoms with E-state index in [1.807, 2.05) is 0 Å². The van der Waals surface area contributed by atoms with Crippen LogP contribution < -0.4 is 5.32 Å². The summed E-state index contributed by atoms with van der Waals surface area (Å²) in [7, 11) is 0. The van der Waals surface area contributed by atoms with Crippen LogP contribution in [0.1, 0.15) is 84.4 Å². The van der Waals surface area contributed by atoms with E-state index in [1.54, 1.807) is 0 Å². The van der Waals surface area contributed by atoms with Crippen LogP contribution in [0.5, 0.6) is 0 Å². The van der Waals surface area contributed by atoms with Crippen molar-refractivity contribution in [3.8, 4) is 0 Å². The van der Waals surface area contributed by atoms with Crippen LogP contribution in [-0.4, -0.2) is 43.3 Å². The van der Waals surface area contributed by atoms with Crippen molar-refractivity contribution in [1.82, 2.24) is 10.2 Å². The summed E-state index contributed by atoms with van der Waals surface area (Å²) >= 11 is 0. The van der Waals surface area contributed by atoms with Gasteiger partial charge >= 0.3 is 0 Å². The zero-order valence-electron chi connectivity index (χ0n) is 18.8. The minimum Gasteiger partial charge on any atom is -0.380 e. The summed E-state index contributed by atoms with van der Waals surface area (Å²) < 4.78 is 5.83. The van der Waals surface area contributed by atoms with Crippen LogP contribution in [0.3, 0.4) is 0 Å². The van der Waals surface area contributed by atoms with Gasteiger partial charge in [0, 0.05) is 18.1 Å². The van der Waals surface area contributed by atoms with Crippen molar-refractivity contribution in [3.05, 3.63) is 35.4 Å². The maximum Gasteiger partial charge on any atom is 0.0593 e. The van der Waals surface area contributed by atoms with Crippen LogP contribution in [0.25, 0.3) is 0 Å². The predicted molar refractivity (Wildman–Crippen MR) is 116 cm³/mol. The molecule has 1 fully saturated rings. The molecule has 0 amide bonds. The van der Waals surface area contributed by atoms with Gasteiger partial charge in [0.1, 0.15) is 0 Å². The number of rotatable bonds is 7. The third kappa shape index (κ3) is 8.33. The maximum atomic E-state index is 5.83. The standard InChI is InChI=1S/C24H42N2O/c1-19(25-24(5,6)7)20-8-10-21(11-9-20)22-12-14-26(15-13-22)16-17-27-18-23(2,3)4/h8-11,19,22,25H,12-18H2,1-7H3. The molecule has 0 bridgehead atoms. The molecule has 27 heavy (non-hydrogen) atoms. The fraction of sp³-hybridized carbons (Fsp3) is 0.750. The molecule has 0 aliphatic carbocycles. The van der Waals surface area contributed by atoms with E-state index < -0.39 is 0 Å². The van der Waals surface area contributed by atoms with Crippen molar-refractivity contribution >= 4 is 0 Å². The topological polar surface area (TPSA) is 24.5 Å². The summed E-state index contributed by atoms with van der Waals surface area (Å²) in [6.45, 7) is 20.7. The molecule has 1 atom stereocenters. The number of nitrogens with one attached hydrogen (secondary N) is 1. The summed E-state index contributed by atoms with van der Waals surface area (Å²) in [5.74, 6) is 0.705. The molecule has 0 spiro atoms. The molecule has 0 saturated carbocycles. The molecular weight excluding hydrogens is 332 g/mol. The number of nitrogens with zero attached hydrogens (tertiary/aromatic N) is 1. The molecule has 1 heterocycles. The first-order valence-electron chi connectivity index (χ1n) is 10.7. The average molecular weight is 375 g/mol. The summed E-state index contributed by atoms with van der Waals surface area (Å²) in [5, 5.41) is 3.66. The van der Waals surface area contributed by atoms with Crippen molar-refractivity contribution in [1.29, 1.82) is 0 Å². The van der Waals surface area contributed by atoms with Gasteiger partial charge in [0.2, 0.25) is 0 Å². The van der Waals surface area contributed by atoms with E-state index in [9.17, 15) is 0 Å². The Hall–Kier alpha value is -0.900. The fourth-order valence-corrected chi connectivity index (χ4v) is 3.85. The van der Waals surface area contributed by atoms with E-state index in [1.165, 1.54) is 37.1 Å². The highest BCUT2D eigenvalue weighted by atomic mass is 16.5. The van der Waals surface area contributed by atoms with E-state index in [0.29, 0.717) is 12.0 Å². The Balaban J connectivity index is 1.76. The summed E-state index contributed by atoms with van der Waals surface area (Å²) in [5.41, 5.74) is 3.29. The SMILES string of the molecule is CC(NC(C)(C)C)c1ccc(C2CCN(CCOCC(C)(C)C)CC2)cc1. The lowest BCUT2D eigenvalue weighted by molar-refractivity contribution is 0.0501. The molecular formula is C24H42N2O. The van der Waals surface area contributed by atoms with E-state index in [2.05, 4.69) is 82.9 Å². The van der Waals surface area contributed by atoms with Gasteiger partial charge in [-0.15, -0.1) is 0 Å². The van der Waals surface area contributed by atoms with Crippen LogP contribution >= 0.6 is 0 Å². The molecule has 3 nitrogen and oxygen atoms in total. The maximum absolute atomic E-state index is 5.83. The summed E-state index contributed by atoms with van der Waals surface area (Å²) in [6.07, 6.45) is 2.52. The van der Waals surface area contributed by atoms with Crippen molar-refractivity contribution in [3.63, 3.8) is 0 Å². The Morgan fingerprint density at radius 2 is 1.63 bits per heavy atom. The molecule has 0 aromatic heterocycles. The molecule has 154 valence electrons. The van der Waals surface area contributed by atoms with Crippen LogP contribution in [-0.2, 0) is 4.74 Å². The predicted octanol–water partition coefficient (Wildman–Crippen LogP) is 5.38. The Labute approximate surface area is 167 Å². The van der Waals surface area contributed by atoms with Crippen LogP contribution in [0, 0.1) is 5.41 Å². The zero-order chi connectivity index (χ0) is 20.1. The molecule has 2 rings (SSSR count). The second-order valence-electron chi connectivity index (χ2n) is 10.5. The number of likely N-dealkylation sites (tertiary alicyclic amines) is 1. The van der Waals surface area contributed by atoms with Gasteiger partial charge in [-0.05, 0) is 76.1 Å². The number of hydrogen-bond acceptors (Lipinski definition) is 3. The highest BCUT2D eigenvalue weighted by Gasteiger charge is 2.21.